The minimum Gasteiger partial charge on any atom is -0.506 e. The molecule has 0 aliphatic rings. The highest BCUT2D eigenvalue weighted by atomic mass is 32.1. The second-order valence-electron chi connectivity index (χ2n) is 2.66. The third kappa shape index (κ3) is 1.01. The topological polar surface area (TPSA) is 20.2 Å². The smallest absolute Gasteiger partial charge is 0.137 e. The number of aryl methyl sites for hydroxylation is 1. The summed E-state index contributed by atoms with van der Waals surface area (Å²) in [6, 6.07) is 5.74. The molecule has 62 valence electrons. The first-order valence-electron chi connectivity index (χ1n) is 3.60. The molecule has 0 bridgehead atoms. The molecule has 0 atom stereocenters. The average Bonchev–Trinajstić information content (AvgIpc) is 2.32. The number of fused-ring (bicyclic) bond motifs is 1. The van der Waals surface area contributed by atoms with Crippen molar-refractivity contribution in [3.05, 3.63) is 23.1 Å². The van der Waals surface area contributed by atoms with Gasteiger partial charge in [-0.15, -0.1) is 24.0 Å². The van der Waals surface area contributed by atoms with Crippen LogP contribution < -0.4 is 0 Å². The van der Waals surface area contributed by atoms with E-state index in [2.05, 4.69) is 12.6 Å². The molecule has 0 amide bonds. The Balaban J connectivity index is 2.95. The van der Waals surface area contributed by atoms with Crippen LogP contribution >= 0.6 is 24.0 Å². The van der Waals surface area contributed by atoms with Gasteiger partial charge in [0.1, 0.15) is 5.75 Å². The summed E-state index contributed by atoms with van der Waals surface area (Å²) in [4.78, 5) is 1.88. The second kappa shape index (κ2) is 2.68. The first kappa shape index (κ1) is 7.95. The Hall–Kier alpha value is -0.670. The molecule has 1 aromatic carbocycles. The summed E-state index contributed by atoms with van der Waals surface area (Å²) in [5, 5.41) is 10.5. The van der Waals surface area contributed by atoms with Gasteiger partial charge in [-0.05, 0) is 19.1 Å². The lowest BCUT2D eigenvalue weighted by Crippen LogP contribution is -1.66. The van der Waals surface area contributed by atoms with E-state index >= 15 is 0 Å². The molecular weight excluding hydrogens is 188 g/mol. The standard InChI is InChI=1S/C9H8OS2/c1-5-8(10)6-3-2-4-7(11)9(6)12-5/h2-4,10-11H,1H3. The van der Waals surface area contributed by atoms with Crippen LogP contribution in [0.15, 0.2) is 23.1 Å². The first-order valence-corrected chi connectivity index (χ1v) is 4.86. The zero-order valence-electron chi connectivity index (χ0n) is 6.53. The molecule has 2 rings (SSSR count). The van der Waals surface area contributed by atoms with Crippen LogP contribution in [0.25, 0.3) is 10.1 Å². The summed E-state index contributed by atoms with van der Waals surface area (Å²) in [5.74, 6) is 0.394. The number of hydrogen-bond acceptors (Lipinski definition) is 3. The van der Waals surface area contributed by atoms with Crippen molar-refractivity contribution in [3.63, 3.8) is 0 Å². The number of thiophene rings is 1. The van der Waals surface area contributed by atoms with Gasteiger partial charge in [0.25, 0.3) is 0 Å². The Bertz CT molecular complexity index is 431. The van der Waals surface area contributed by atoms with E-state index in [1.807, 2.05) is 25.1 Å². The Kier molecular flexibility index (Phi) is 1.77. The van der Waals surface area contributed by atoms with Crippen LogP contribution in [0.2, 0.25) is 0 Å². The lowest BCUT2D eigenvalue weighted by atomic mass is 10.2. The maximum absolute atomic E-state index is 9.60. The van der Waals surface area contributed by atoms with Crippen LogP contribution in [0.5, 0.6) is 5.75 Å². The monoisotopic (exact) mass is 196 g/mol. The summed E-state index contributed by atoms with van der Waals surface area (Å²) >= 11 is 5.89. The highest BCUT2D eigenvalue weighted by Gasteiger charge is 2.08. The maximum Gasteiger partial charge on any atom is 0.137 e. The van der Waals surface area contributed by atoms with Gasteiger partial charge in [0.2, 0.25) is 0 Å². The van der Waals surface area contributed by atoms with E-state index in [0.29, 0.717) is 5.75 Å². The predicted molar refractivity (Wildman–Crippen MR) is 55.5 cm³/mol. The number of hydrogen-bond donors (Lipinski definition) is 2. The molecule has 0 aliphatic carbocycles. The molecule has 1 N–H and O–H groups in total. The van der Waals surface area contributed by atoms with Gasteiger partial charge in [0.05, 0.1) is 4.70 Å². The van der Waals surface area contributed by atoms with Crippen molar-refractivity contribution in [1.29, 1.82) is 0 Å². The van der Waals surface area contributed by atoms with Gasteiger partial charge in [-0.3, -0.25) is 0 Å². The summed E-state index contributed by atoms with van der Waals surface area (Å²) in [6.45, 7) is 1.91. The van der Waals surface area contributed by atoms with Gasteiger partial charge in [0, 0.05) is 15.2 Å². The summed E-state index contributed by atoms with van der Waals surface area (Å²) in [7, 11) is 0. The Morgan fingerprint density at radius 1 is 1.42 bits per heavy atom. The van der Waals surface area contributed by atoms with E-state index in [0.717, 1.165) is 19.9 Å². The minimum atomic E-state index is 0.394. The van der Waals surface area contributed by atoms with Crippen molar-refractivity contribution in [2.75, 3.05) is 0 Å². The summed E-state index contributed by atoms with van der Waals surface area (Å²) in [6.07, 6.45) is 0. The van der Waals surface area contributed by atoms with Gasteiger partial charge in [-0.2, -0.15) is 0 Å². The van der Waals surface area contributed by atoms with Crippen molar-refractivity contribution in [1.82, 2.24) is 0 Å². The zero-order chi connectivity index (χ0) is 8.72. The van der Waals surface area contributed by atoms with Crippen LogP contribution in [0.3, 0.4) is 0 Å². The molecule has 0 spiro atoms. The third-order valence-corrected chi connectivity index (χ3v) is 3.51. The van der Waals surface area contributed by atoms with E-state index in [4.69, 9.17) is 0 Å². The van der Waals surface area contributed by atoms with E-state index in [1.54, 1.807) is 11.3 Å². The molecule has 0 radical (unpaired) electrons. The lowest BCUT2D eigenvalue weighted by Gasteiger charge is -1.92. The number of aromatic hydroxyl groups is 1. The minimum absolute atomic E-state index is 0.394. The van der Waals surface area contributed by atoms with Gasteiger partial charge in [0.15, 0.2) is 0 Å². The molecule has 0 aliphatic heterocycles. The Labute approximate surface area is 80.1 Å². The maximum atomic E-state index is 9.60. The van der Waals surface area contributed by atoms with Gasteiger partial charge in [-0.1, -0.05) is 6.07 Å². The molecule has 2 aromatic rings. The molecule has 1 aromatic heterocycles. The van der Waals surface area contributed by atoms with E-state index in [9.17, 15) is 5.11 Å². The highest BCUT2D eigenvalue weighted by Crippen LogP contribution is 2.38. The van der Waals surface area contributed by atoms with Crippen molar-refractivity contribution in [2.24, 2.45) is 0 Å². The Morgan fingerprint density at radius 3 is 2.83 bits per heavy atom. The van der Waals surface area contributed by atoms with E-state index in [-0.39, 0.29) is 0 Å². The molecular formula is C9H8OS2. The fourth-order valence-corrected chi connectivity index (χ4v) is 2.51. The van der Waals surface area contributed by atoms with Gasteiger partial charge >= 0.3 is 0 Å². The van der Waals surface area contributed by atoms with Gasteiger partial charge < -0.3 is 5.11 Å². The summed E-state index contributed by atoms with van der Waals surface area (Å²) in [5.41, 5.74) is 0. The van der Waals surface area contributed by atoms with Crippen LogP contribution in [-0.4, -0.2) is 5.11 Å². The van der Waals surface area contributed by atoms with Crippen molar-refractivity contribution < 1.29 is 5.11 Å². The number of benzene rings is 1. The Morgan fingerprint density at radius 2 is 2.17 bits per heavy atom. The predicted octanol–water partition coefficient (Wildman–Crippen LogP) is 3.20. The largest absolute Gasteiger partial charge is 0.506 e. The third-order valence-electron chi connectivity index (χ3n) is 1.84. The fraction of sp³-hybridized carbons (Fsp3) is 0.111. The number of thiol groups is 1. The van der Waals surface area contributed by atoms with Crippen molar-refractivity contribution in [2.45, 2.75) is 11.8 Å². The van der Waals surface area contributed by atoms with Crippen LogP contribution in [0.4, 0.5) is 0 Å². The lowest BCUT2D eigenvalue weighted by molar-refractivity contribution is 0.480. The molecule has 0 saturated heterocycles. The highest BCUT2D eigenvalue weighted by molar-refractivity contribution is 7.80. The molecule has 3 heteroatoms. The first-order chi connectivity index (χ1) is 5.70. The van der Waals surface area contributed by atoms with Gasteiger partial charge in [-0.25, -0.2) is 0 Å². The zero-order valence-corrected chi connectivity index (χ0v) is 8.25. The molecule has 0 fully saturated rings. The quantitative estimate of drug-likeness (QED) is 0.620. The van der Waals surface area contributed by atoms with Crippen LogP contribution in [0, 0.1) is 6.92 Å². The van der Waals surface area contributed by atoms with Crippen LogP contribution in [-0.2, 0) is 0 Å². The fourth-order valence-electron chi connectivity index (χ4n) is 1.21. The normalized spacial score (nSPS) is 10.8. The summed E-state index contributed by atoms with van der Waals surface area (Å²) < 4.78 is 1.07. The van der Waals surface area contributed by atoms with E-state index in [1.165, 1.54) is 0 Å². The molecule has 0 unspecified atom stereocenters. The number of rotatable bonds is 0. The molecule has 1 nitrogen and oxygen atoms in total. The molecule has 1 heterocycles. The average molecular weight is 196 g/mol. The van der Waals surface area contributed by atoms with E-state index < -0.39 is 0 Å². The molecule has 12 heavy (non-hydrogen) atoms. The second-order valence-corrected chi connectivity index (χ2v) is 4.37. The molecule has 0 saturated carbocycles. The van der Waals surface area contributed by atoms with Crippen LogP contribution in [0.1, 0.15) is 4.88 Å². The SMILES string of the molecule is Cc1sc2c(S)cccc2c1O. The van der Waals surface area contributed by atoms with Crippen molar-refractivity contribution in [3.8, 4) is 5.75 Å². The van der Waals surface area contributed by atoms with Crippen molar-refractivity contribution >= 4 is 34.1 Å².